The second-order valence-corrected chi connectivity index (χ2v) is 6.72. The van der Waals surface area contributed by atoms with Crippen LogP contribution in [0.1, 0.15) is 18.5 Å². The molecule has 1 aliphatic rings. The fraction of sp³-hybridized carbons (Fsp3) is 0.375. The summed E-state index contributed by atoms with van der Waals surface area (Å²) in [5, 5.41) is 13.0. The summed E-state index contributed by atoms with van der Waals surface area (Å²) in [5.74, 6) is -1.29. The number of H-pyrrole nitrogens is 1. The van der Waals surface area contributed by atoms with Crippen molar-refractivity contribution in [2.45, 2.75) is 19.4 Å². The molecule has 1 fully saturated rings. The van der Waals surface area contributed by atoms with Crippen molar-refractivity contribution in [1.29, 1.82) is 0 Å². The molecule has 1 aliphatic heterocycles. The van der Waals surface area contributed by atoms with Gasteiger partial charge >= 0.3 is 12.0 Å². The van der Waals surface area contributed by atoms with Gasteiger partial charge in [-0.2, -0.15) is 0 Å². The predicted molar refractivity (Wildman–Crippen MR) is 90.2 cm³/mol. The van der Waals surface area contributed by atoms with Crippen molar-refractivity contribution in [1.82, 2.24) is 15.2 Å². The van der Waals surface area contributed by atoms with Crippen LogP contribution >= 0.6 is 15.9 Å². The number of piperidine rings is 1. The number of amides is 2. The van der Waals surface area contributed by atoms with E-state index in [-0.39, 0.29) is 12.6 Å². The number of aromatic amines is 1. The van der Waals surface area contributed by atoms with Gasteiger partial charge in [0, 0.05) is 34.2 Å². The Balaban J connectivity index is 1.60. The van der Waals surface area contributed by atoms with Crippen LogP contribution < -0.4 is 5.32 Å². The van der Waals surface area contributed by atoms with Crippen molar-refractivity contribution in [3.8, 4) is 0 Å². The van der Waals surface area contributed by atoms with E-state index in [1.807, 2.05) is 24.3 Å². The van der Waals surface area contributed by atoms with Crippen molar-refractivity contribution in [3.05, 3.63) is 34.4 Å². The van der Waals surface area contributed by atoms with Gasteiger partial charge in [-0.1, -0.05) is 15.9 Å². The molecule has 3 N–H and O–H groups in total. The second-order valence-electron chi connectivity index (χ2n) is 5.81. The van der Waals surface area contributed by atoms with Crippen molar-refractivity contribution in [2.75, 3.05) is 13.1 Å². The summed E-state index contributed by atoms with van der Waals surface area (Å²) < 4.78 is 1.01. The molecule has 1 atom stereocenters. The van der Waals surface area contributed by atoms with E-state index < -0.39 is 11.9 Å². The molecule has 1 saturated heterocycles. The van der Waals surface area contributed by atoms with E-state index in [9.17, 15) is 9.59 Å². The van der Waals surface area contributed by atoms with Crippen LogP contribution in [-0.4, -0.2) is 40.1 Å². The first-order valence-electron chi connectivity index (χ1n) is 7.55. The van der Waals surface area contributed by atoms with Crippen LogP contribution in [0.2, 0.25) is 0 Å². The monoisotopic (exact) mass is 379 g/mol. The number of carboxylic acids is 1. The van der Waals surface area contributed by atoms with E-state index in [1.54, 1.807) is 4.90 Å². The van der Waals surface area contributed by atoms with Crippen LogP contribution in [0.5, 0.6) is 0 Å². The molecule has 0 saturated carbocycles. The molecule has 1 aromatic carbocycles. The molecule has 1 aromatic heterocycles. The quantitative estimate of drug-likeness (QED) is 0.766. The number of halogens is 1. The van der Waals surface area contributed by atoms with Crippen LogP contribution in [0.25, 0.3) is 10.9 Å². The van der Waals surface area contributed by atoms with Gasteiger partial charge in [-0.3, -0.25) is 4.79 Å². The van der Waals surface area contributed by atoms with E-state index in [0.717, 1.165) is 27.5 Å². The van der Waals surface area contributed by atoms with E-state index in [2.05, 4.69) is 26.2 Å². The Labute approximate surface area is 142 Å². The number of fused-ring (bicyclic) bond motifs is 1. The maximum Gasteiger partial charge on any atom is 0.317 e. The summed E-state index contributed by atoms with van der Waals surface area (Å²) >= 11 is 3.43. The van der Waals surface area contributed by atoms with E-state index in [4.69, 9.17) is 5.11 Å². The van der Waals surface area contributed by atoms with Crippen LogP contribution in [0.4, 0.5) is 4.79 Å². The Morgan fingerprint density at radius 1 is 1.39 bits per heavy atom. The fourth-order valence-electron chi connectivity index (χ4n) is 2.90. The average molecular weight is 380 g/mol. The minimum atomic E-state index is -0.830. The molecule has 3 rings (SSSR count). The highest BCUT2D eigenvalue weighted by molar-refractivity contribution is 9.10. The van der Waals surface area contributed by atoms with E-state index >= 15 is 0 Å². The molecule has 0 bridgehead atoms. The van der Waals surface area contributed by atoms with Gasteiger partial charge in [0.1, 0.15) is 0 Å². The lowest BCUT2D eigenvalue weighted by Gasteiger charge is -2.30. The molecular weight excluding hydrogens is 362 g/mol. The summed E-state index contributed by atoms with van der Waals surface area (Å²) in [6.07, 6.45) is 1.36. The normalized spacial score (nSPS) is 18.1. The number of aromatic nitrogens is 1. The molecule has 1 unspecified atom stereocenters. The number of urea groups is 1. The standard InChI is InChI=1S/C16H18BrN3O3/c17-12-3-4-14-11(6-12)7-13(19-14)8-18-16(23)20-5-1-2-10(9-20)15(21)22/h3-4,6-7,10,19H,1-2,5,8-9H2,(H,18,23)(H,21,22). The summed E-state index contributed by atoms with van der Waals surface area (Å²) in [7, 11) is 0. The SMILES string of the molecule is O=C(O)C1CCCN(C(=O)NCc2cc3cc(Br)ccc3[nH]2)C1. The average Bonchev–Trinajstić information content (AvgIpc) is 2.94. The molecule has 2 aromatic rings. The van der Waals surface area contributed by atoms with Gasteiger partial charge in [0.25, 0.3) is 0 Å². The first-order valence-corrected chi connectivity index (χ1v) is 8.35. The Morgan fingerprint density at radius 3 is 3.00 bits per heavy atom. The number of hydrogen-bond acceptors (Lipinski definition) is 2. The summed E-state index contributed by atoms with van der Waals surface area (Å²) in [6, 6.07) is 7.74. The number of rotatable bonds is 3. The zero-order valence-electron chi connectivity index (χ0n) is 12.5. The van der Waals surface area contributed by atoms with Crippen LogP contribution in [0.15, 0.2) is 28.7 Å². The molecule has 6 nitrogen and oxygen atoms in total. The third kappa shape index (κ3) is 3.67. The van der Waals surface area contributed by atoms with Gasteiger partial charge in [-0.05, 0) is 37.1 Å². The number of nitrogens with one attached hydrogen (secondary N) is 2. The molecule has 0 radical (unpaired) electrons. The van der Waals surface area contributed by atoms with Crippen molar-refractivity contribution >= 4 is 38.8 Å². The lowest BCUT2D eigenvalue weighted by molar-refractivity contribution is -0.143. The highest BCUT2D eigenvalue weighted by atomic mass is 79.9. The number of carbonyl (C=O) groups excluding carboxylic acids is 1. The smallest absolute Gasteiger partial charge is 0.317 e. The molecule has 122 valence electrons. The first-order chi connectivity index (χ1) is 11.0. The predicted octanol–water partition coefficient (Wildman–Crippen LogP) is 2.94. The number of benzene rings is 1. The maximum absolute atomic E-state index is 12.2. The zero-order chi connectivity index (χ0) is 16.4. The summed E-state index contributed by atoms with van der Waals surface area (Å²) in [6.45, 7) is 1.27. The van der Waals surface area contributed by atoms with Crippen LogP contribution in [0, 0.1) is 5.92 Å². The van der Waals surface area contributed by atoms with Gasteiger partial charge in [-0.15, -0.1) is 0 Å². The zero-order valence-corrected chi connectivity index (χ0v) is 14.1. The number of likely N-dealkylation sites (tertiary alicyclic amines) is 1. The maximum atomic E-state index is 12.2. The van der Waals surface area contributed by atoms with Crippen LogP contribution in [-0.2, 0) is 11.3 Å². The first kappa shape index (κ1) is 15.9. The van der Waals surface area contributed by atoms with Crippen molar-refractivity contribution in [3.63, 3.8) is 0 Å². The Bertz CT molecular complexity index is 743. The van der Waals surface area contributed by atoms with Gasteiger partial charge < -0.3 is 20.3 Å². The molecule has 2 heterocycles. The number of aliphatic carboxylic acids is 1. The van der Waals surface area contributed by atoms with Crippen molar-refractivity contribution < 1.29 is 14.7 Å². The van der Waals surface area contributed by atoms with E-state index in [1.165, 1.54) is 0 Å². The number of carboxylic acid groups (broad SMARTS) is 1. The molecule has 2 amide bonds. The minimum Gasteiger partial charge on any atom is -0.481 e. The lowest BCUT2D eigenvalue weighted by Crippen LogP contribution is -2.46. The fourth-order valence-corrected chi connectivity index (χ4v) is 3.28. The molecule has 0 spiro atoms. The van der Waals surface area contributed by atoms with Gasteiger partial charge in [0.15, 0.2) is 0 Å². The largest absolute Gasteiger partial charge is 0.481 e. The highest BCUT2D eigenvalue weighted by Crippen LogP contribution is 2.21. The second kappa shape index (κ2) is 6.62. The molecule has 0 aliphatic carbocycles. The lowest BCUT2D eigenvalue weighted by atomic mass is 9.99. The van der Waals surface area contributed by atoms with Gasteiger partial charge in [0.05, 0.1) is 12.5 Å². The number of hydrogen-bond donors (Lipinski definition) is 3. The number of nitrogens with zero attached hydrogens (tertiary/aromatic N) is 1. The van der Waals surface area contributed by atoms with E-state index in [0.29, 0.717) is 19.5 Å². The molecule has 23 heavy (non-hydrogen) atoms. The minimum absolute atomic E-state index is 0.212. The summed E-state index contributed by atoms with van der Waals surface area (Å²) in [5.41, 5.74) is 1.93. The summed E-state index contributed by atoms with van der Waals surface area (Å²) in [4.78, 5) is 28.1. The highest BCUT2D eigenvalue weighted by Gasteiger charge is 2.27. The molecular formula is C16H18BrN3O3. The topological polar surface area (TPSA) is 85.4 Å². The van der Waals surface area contributed by atoms with Gasteiger partial charge in [-0.25, -0.2) is 4.79 Å². The van der Waals surface area contributed by atoms with Crippen molar-refractivity contribution in [2.24, 2.45) is 5.92 Å². The molecule has 7 heteroatoms. The third-order valence-corrected chi connectivity index (χ3v) is 4.62. The Morgan fingerprint density at radius 2 is 2.22 bits per heavy atom. The van der Waals surface area contributed by atoms with Gasteiger partial charge in [0.2, 0.25) is 0 Å². The Hall–Kier alpha value is -2.02. The Kier molecular flexibility index (Phi) is 4.56. The third-order valence-electron chi connectivity index (χ3n) is 4.13. The number of carbonyl (C=O) groups is 2. The van der Waals surface area contributed by atoms with Crippen LogP contribution in [0.3, 0.4) is 0 Å².